The third kappa shape index (κ3) is 4.12. The van der Waals surface area contributed by atoms with Crippen LogP contribution in [0.15, 0.2) is 24.3 Å². The quantitative estimate of drug-likeness (QED) is 0.893. The summed E-state index contributed by atoms with van der Waals surface area (Å²) < 4.78 is 0. The minimum absolute atomic E-state index is 0.0227. The van der Waals surface area contributed by atoms with E-state index in [1.807, 2.05) is 24.3 Å². The summed E-state index contributed by atoms with van der Waals surface area (Å²) in [4.78, 5) is 26.1. The topological polar surface area (TPSA) is 57.6 Å². The zero-order chi connectivity index (χ0) is 18.1. The summed E-state index contributed by atoms with van der Waals surface area (Å²) in [5.74, 6) is -0.237. The molecule has 5 heteroatoms. The van der Waals surface area contributed by atoms with Crippen molar-refractivity contribution in [2.45, 2.75) is 57.9 Å². The third-order valence-corrected chi connectivity index (χ3v) is 5.60. The number of carboxylic acid groups (broad SMARTS) is 1. The molecule has 1 fully saturated rings. The van der Waals surface area contributed by atoms with Gasteiger partial charge in [0.15, 0.2) is 0 Å². The van der Waals surface area contributed by atoms with Crippen molar-refractivity contribution in [1.82, 2.24) is 4.90 Å². The molecule has 0 aromatic heterocycles. The number of carbonyl (C=O) groups is 2. The second-order valence-corrected chi connectivity index (χ2v) is 9.02. The van der Waals surface area contributed by atoms with Crippen LogP contribution in [0.3, 0.4) is 0 Å². The molecule has 1 aliphatic rings. The van der Waals surface area contributed by atoms with E-state index in [4.69, 9.17) is 0 Å². The van der Waals surface area contributed by atoms with E-state index in [2.05, 4.69) is 34.6 Å². The molecule has 0 bridgehead atoms. The fourth-order valence-corrected chi connectivity index (χ4v) is 4.50. The van der Waals surface area contributed by atoms with E-state index in [-0.39, 0.29) is 16.7 Å². The van der Waals surface area contributed by atoms with Gasteiger partial charge in [0.25, 0.3) is 5.91 Å². The van der Waals surface area contributed by atoms with E-state index in [9.17, 15) is 14.7 Å². The van der Waals surface area contributed by atoms with Crippen LogP contribution < -0.4 is 0 Å². The molecule has 132 valence electrons. The minimum Gasteiger partial charge on any atom is -0.480 e. The van der Waals surface area contributed by atoms with E-state index >= 15 is 0 Å². The van der Waals surface area contributed by atoms with Gasteiger partial charge in [0, 0.05) is 11.3 Å². The molecular weight excluding hydrogens is 322 g/mol. The summed E-state index contributed by atoms with van der Waals surface area (Å²) in [6.45, 7) is 10.6. The highest BCUT2D eigenvalue weighted by Crippen LogP contribution is 2.35. The SMILES string of the molecule is CC(C)C[C@@H]1SC[C@@H](C(=O)O)N1C(=O)c1ccc(C(C)(C)C)cc1. The van der Waals surface area contributed by atoms with E-state index in [1.54, 1.807) is 16.7 Å². The van der Waals surface area contributed by atoms with Crippen molar-refractivity contribution >= 4 is 23.6 Å². The van der Waals surface area contributed by atoms with Gasteiger partial charge in [-0.25, -0.2) is 4.79 Å². The van der Waals surface area contributed by atoms with Crippen LogP contribution in [0.1, 0.15) is 57.0 Å². The fraction of sp³-hybridized carbons (Fsp3) is 0.579. The van der Waals surface area contributed by atoms with Gasteiger partial charge in [-0.15, -0.1) is 11.8 Å². The Bertz CT molecular complexity index is 604. The summed E-state index contributed by atoms with van der Waals surface area (Å²) in [6.07, 6.45) is 0.806. The van der Waals surface area contributed by atoms with Gasteiger partial charge >= 0.3 is 5.97 Å². The lowest BCUT2D eigenvalue weighted by molar-refractivity contribution is -0.141. The molecule has 1 aromatic rings. The first kappa shape index (κ1) is 18.8. The summed E-state index contributed by atoms with van der Waals surface area (Å²) in [6, 6.07) is 6.82. The zero-order valence-electron chi connectivity index (χ0n) is 15.1. The van der Waals surface area contributed by atoms with Crippen molar-refractivity contribution < 1.29 is 14.7 Å². The Hall–Kier alpha value is -1.49. The molecule has 24 heavy (non-hydrogen) atoms. The predicted molar refractivity (Wildman–Crippen MR) is 98.4 cm³/mol. The van der Waals surface area contributed by atoms with E-state index in [0.29, 0.717) is 17.2 Å². The van der Waals surface area contributed by atoms with Crippen molar-refractivity contribution in [2.75, 3.05) is 5.75 Å². The number of hydrogen-bond donors (Lipinski definition) is 1. The summed E-state index contributed by atoms with van der Waals surface area (Å²) in [5, 5.41) is 9.41. The monoisotopic (exact) mass is 349 g/mol. The van der Waals surface area contributed by atoms with E-state index in [1.165, 1.54) is 0 Å². The smallest absolute Gasteiger partial charge is 0.327 e. The first-order valence-corrected chi connectivity index (χ1v) is 9.43. The predicted octanol–water partition coefficient (Wildman–Crippen LogP) is 4.00. The van der Waals surface area contributed by atoms with Crippen LogP contribution in [0, 0.1) is 5.92 Å². The lowest BCUT2D eigenvalue weighted by atomic mass is 9.86. The van der Waals surface area contributed by atoms with Crippen LogP contribution in [0.2, 0.25) is 0 Å². The van der Waals surface area contributed by atoms with Crippen LogP contribution in [-0.4, -0.2) is 39.1 Å². The molecule has 1 heterocycles. The molecule has 2 rings (SSSR count). The second-order valence-electron chi connectivity index (χ2n) is 7.81. The van der Waals surface area contributed by atoms with E-state index in [0.717, 1.165) is 12.0 Å². The minimum atomic E-state index is -0.923. The molecule has 1 N–H and O–H groups in total. The molecule has 0 saturated carbocycles. The zero-order valence-corrected chi connectivity index (χ0v) is 15.9. The highest BCUT2D eigenvalue weighted by atomic mass is 32.2. The van der Waals surface area contributed by atoms with Gasteiger partial charge in [0.1, 0.15) is 6.04 Å². The Balaban J connectivity index is 2.27. The van der Waals surface area contributed by atoms with Gasteiger partial charge < -0.3 is 10.0 Å². The largest absolute Gasteiger partial charge is 0.480 e. The fourth-order valence-electron chi connectivity index (χ4n) is 2.87. The molecule has 1 aliphatic heterocycles. The van der Waals surface area contributed by atoms with Crippen LogP contribution in [0.4, 0.5) is 0 Å². The number of aliphatic carboxylic acids is 1. The molecule has 0 aliphatic carbocycles. The average molecular weight is 349 g/mol. The molecule has 1 amide bonds. The van der Waals surface area contributed by atoms with Crippen molar-refractivity contribution in [1.29, 1.82) is 0 Å². The van der Waals surface area contributed by atoms with Crippen LogP contribution in [0.25, 0.3) is 0 Å². The number of nitrogens with zero attached hydrogens (tertiary/aromatic N) is 1. The number of benzene rings is 1. The normalized spacial score (nSPS) is 21.3. The van der Waals surface area contributed by atoms with Gasteiger partial charge in [0.05, 0.1) is 5.37 Å². The maximum atomic E-state index is 13.0. The van der Waals surface area contributed by atoms with E-state index < -0.39 is 12.0 Å². The molecule has 0 radical (unpaired) electrons. The van der Waals surface area contributed by atoms with Gasteiger partial charge in [-0.05, 0) is 35.4 Å². The number of amides is 1. The van der Waals surface area contributed by atoms with Crippen LogP contribution in [-0.2, 0) is 10.2 Å². The lowest BCUT2D eigenvalue weighted by Crippen LogP contribution is -2.46. The average Bonchev–Trinajstić information content (AvgIpc) is 2.88. The van der Waals surface area contributed by atoms with Gasteiger partial charge in [-0.2, -0.15) is 0 Å². The molecule has 2 atom stereocenters. The number of thioether (sulfide) groups is 1. The summed E-state index contributed by atoms with van der Waals surface area (Å²) in [5.41, 5.74) is 1.74. The van der Waals surface area contributed by atoms with Crippen LogP contribution in [0.5, 0.6) is 0 Å². The molecule has 1 aromatic carbocycles. The van der Waals surface area contributed by atoms with Gasteiger partial charge in [-0.1, -0.05) is 46.8 Å². The number of carbonyl (C=O) groups excluding carboxylic acids is 1. The van der Waals surface area contributed by atoms with Crippen molar-refractivity contribution in [3.8, 4) is 0 Å². The number of hydrogen-bond acceptors (Lipinski definition) is 3. The maximum absolute atomic E-state index is 13.0. The third-order valence-electron chi connectivity index (χ3n) is 4.28. The van der Waals surface area contributed by atoms with Crippen molar-refractivity contribution in [3.05, 3.63) is 35.4 Å². The standard InChI is InChI=1S/C19H27NO3S/c1-12(2)10-16-20(15(11-24-16)18(22)23)17(21)13-6-8-14(9-7-13)19(3,4)5/h6-9,12,15-16H,10-11H2,1-5H3,(H,22,23)/t15-,16-/m0/s1. The Labute approximate surface area is 148 Å². The maximum Gasteiger partial charge on any atom is 0.327 e. The molecule has 0 unspecified atom stereocenters. The second kappa shape index (κ2) is 7.18. The van der Waals surface area contributed by atoms with Crippen molar-refractivity contribution in [3.63, 3.8) is 0 Å². The molecule has 0 spiro atoms. The lowest BCUT2D eigenvalue weighted by Gasteiger charge is -2.28. The first-order valence-electron chi connectivity index (χ1n) is 8.39. The van der Waals surface area contributed by atoms with Crippen LogP contribution >= 0.6 is 11.8 Å². The highest BCUT2D eigenvalue weighted by molar-refractivity contribution is 8.00. The Morgan fingerprint density at radius 3 is 2.29 bits per heavy atom. The van der Waals surface area contributed by atoms with Gasteiger partial charge in [0.2, 0.25) is 0 Å². The Kier molecular flexibility index (Phi) is 5.63. The Morgan fingerprint density at radius 2 is 1.83 bits per heavy atom. The molecule has 4 nitrogen and oxygen atoms in total. The number of carboxylic acids is 1. The van der Waals surface area contributed by atoms with Gasteiger partial charge in [-0.3, -0.25) is 4.79 Å². The molecule has 1 saturated heterocycles. The summed E-state index contributed by atoms with van der Waals surface area (Å²) in [7, 11) is 0. The molecular formula is C19H27NO3S. The highest BCUT2D eigenvalue weighted by Gasteiger charge is 2.42. The summed E-state index contributed by atoms with van der Waals surface area (Å²) >= 11 is 1.57. The Morgan fingerprint density at radius 1 is 1.25 bits per heavy atom. The van der Waals surface area contributed by atoms with Crippen molar-refractivity contribution in [2.24, 2.45) is 5.92 Å². The first-order chi connectivity index (χ1) is 11.1. The number of rotatable bonds is 4.